The first-order chi connectivity index (χ1) is 37.2. The quantitative estimate of drug-likeness (QED) is 0.224. The lowest BCUT2D eigenvalue weighted by molar-refractivity contribution is -0.0613. The van der Waals surface area contributed by atoms with Crippen molar-refractivity contribution in [1.82, 2.24) is 0 Å². The Morgan fingerprint density at radius 3 is 0.419 bits per heavy atom. The number of hydrogen-bond acceptors (Lipinski definition) is 2. The third-order valence-electron chi connectivity index (χ3n) is 5.29. The van der Waals surface area contributed by atoms with E-state index in [1.165, 1.54) is 11.1 Å². The van der Waals surface area contributed by atoms with Crippen LogP contribution in [0.5, 0.6) is 5.75 Å². The summed E-state index contributed by atoms with van der Waals surface area (Å²) in [6, 6.07) is 18.8. The maximum absolute atomic E-state index is 5.60. The highest BCUT2D eigenvalue weighted by Crippen LogP contribution is 2.25. The Labute approximate surface area is 779 Å². The molecule has 1 unspecified atom stereocenters. The molecule has 0 radical (unpaired) electrons. The summed E-state index contributed by atoms with van der Waals surface area (Å²) in [5.41, 5.74) is 8.80. The van der Waals surface area contributed by atoms with Crippen LogP contribution in [-0.2, 0) is 15.6 Å². The average Bonchev–Trinajstić information content (AvgIpc) is 3.12. The van der Waals surface area contributed by atoms with Crippen LogP contribution in [0.4, 0.5) is 0 Å². The predicted octanol–water partition coefficient (Wildman–Crippen LogP) is 50.1. The normalized spacial score (nSPS) is 9.11. The molecule has 0 aliphatic rings. The number of rotatable bonds is 4. The van der Waals surface area contributed by atoms with Crippen LogP contribution < -0.4 is 4.74 Å². The van der Waals surface area contributed by atoms with Crippen molar-refractivity contribution in [3.8, 4) is 5.75 Å². The van der Waals surface area contributed by atoms with E-state index in [1.54, 1.807) is 0 Å². The Balaban J connectivity index is -0.0000000136. The fourth-order valence-corrected chi connectivity index (χ4v) is 2.43. The molecular weight excluding hydrogens is 1410 g/mol. The highest BCUT2D eigenvalue weighted by molar-refractivity contribution is 5.31. The van der Waals surface area contributed by atoms with E-state index in [4.69, 9.17) is 9.47 Å². The van der Waals surface area contributed by atoms with Gasteiger partial charge in [-0.05, 0) is 113 Å². The zero-order valence-corrected chi connectivity index (χ0v) is 72.4. The standard InChI is InChI=1S/C14H22O2.C10H14.2C6H12.10C5H12.29CH4/c1-6-15-11(2)16-13-9-7-12(8-10-13)14(3,4)5;1-10(2,3)9-7-5-4-6-8-9;2*1-5-6(2,3)4;10*1-5(2,3)4;;;;;;;;;;;;;;;;;;;;;;;;;;;;;/h7-11H,6H2,1-5H3;4-8H,1-3H3;2*5H,1H2,2-4H3;10*1-4H3;29*1H4. The molecule has 117 heavy (non-hydrogen) atoms. The first-order valence-corrected chi connectivity index (χ1v) is 33.9. The van der Waals surface area contributed by atoms with Crippen LogP contribution in [0.3, 0.4) is 0 Å². The van der Waals surface area contributed by atoms with Gasteiger partial charge in [0.2, 0.25) is 0 Å². The molecule has 0 aliphatic carbocycles. The molecule has 0 amide bonds. The van der Waals surface area contributed by atoms with E-state index in [-0.39, 0.29) is 227 Å². The summed E-state index contributed by atoms with van der Waals surface area (Å²) in [4.78, 5) is 0. The van der Waals surface area contributed by atoms with Crippen molar-refractivity contribution in [1.29, 1.82) is 0 Å². The van der Waals surface area contributed by atoms with E-state index in [2.05, 4.69) is 416 Å². The van der Waals surface area contributed by atoms with Gasteiger partial charge in [-0.25, -0.2) is 0 Å². The Hall–Kier alpha value is -2.32. The van der Waals surface area contributed by atoms with Gasteiger partial charge in [0.1, 0.15) is 5.75 Å². The van der Waals surface area contributed by atoms with Crippen LogP contribution in [0.1, 0.15) is 600 Å². The summed E-state index contributed by atoms with van der Waals surface area (Å²) >= 11 is 0. The summed E-state index contributed by atoms with van der Waals surface area (Å²) < 4.78 is 10.9. The van der Waals surface area contributed by atoms with Gasteiger partial charge in [-0.1, -0.05) is 630 Å². The van der Waals surface area contributed by atoms with Gasteiger partial charge in [-0.15, -0.1) is 13.2 Å². The molecule has 768 valence electrons. The minimum absolute atomic E-state index is 0. The third kappa shape index (κ3) is 857. The molecule has 0 aliphatic heterocycles. The molecule has 0 heterocycles. The van der Waals surface area contributed by atoms with E-state index < -0.39 is 0 Å². The van der Waals surface area contributed by atoms with Crippen LogP contribution in [-0.4, -0.2) is 12.9 Å². The number of ether oxygens (including phenoxy) is 2. The molecule has 2 aromatic rings. The molecule has 0 saturated heterocycles. The monoisotopic (exact) mass is 1710 g/mol. The fraction of sp³-hybridized carbons (Fsp3) is 0.861. The molecule has 2 rings (SSSR count). The van der Waals surface area contributed by atoms with Crippen molar-refractivity contribution >= 4 is 0 Å². The summed E-state index contributed by atoms with van der Waals surface area (Å²) in [6.07, 6.45) is 3.69. The molecular formula is C115H296O2. The Morgan fingerprint density at radius 2 is 0.333 bits per heavy atom. The topological polar surface area (TPSA) is 18.5 Å². The Morgan fingerprint density at radius 1 is 0.222 bits per heavy atom. The maximum Gasteiger partial charge on any atom is 0.196 e. The van der Waals surface area contributed by atoms with E-state index in [0.717, 1.165) is 5.75 Å². The first kappa shape index (κ1) is 273. The van der Waals surface area contributed by atoms with Crippen LogP contribution in [0.2, 0.25) is 0 Å². The lowest BCUT2D eigenvalue weighted by Crippen LogP contribution is -2.16. The van der Waals surface area contributed by atoms with E-state index in [9.17, 15) is 0 Å². The van der Waals surface area contributed by atoms with E-state index >= 15 is 0 Å². The van der Waals surface area contributed by atoms with Crippen molar-refractivity contribution < 1.29 is 9.47 Å². The first-order valence-electron chi connectivity index (χ1n) is 33.9. The summed E-state index contributed by atoms with van der Waals surface area (Å²) in [5.74, 6) is 0.856. The summed E-state index contributed by atoms with van der Waals surface area (Å²) in [6.45, 7) is 125. The minimum atomic E-state index is -0.189. The van der Waals surface area contributed by atoms with E-state index in [0.29, 0.717) is 77.0 Å². The fourth-order valence-electron chi connectivity index (χ4n) is 2.43. The molecule has 2 aromatic carbocycles. The van der Waals surface area contributed by atoms with Crippen LogP contribution in [0.15, 0.2) is 79.9 Å². The highest BCUT2D eigenvalue weighted by Gasteiger charge is 2.14. The number of hydrogen-bond donors (Lipinski definition) is 0. The molecule has 0 N–H and O–H groups in total. The van der Waals surface area contributed by atoms with Gasteiger partial charge in [0.25, 0.3) is 0 Å². The van der Waals surface area contributed by atoms with Crippen molar-refractivity contribution in [2.75, 3.05) is 6.61 Å². The molecule has 0 spiro atoms. The molecule has 2 heteroatoms. The van der Waals surface area contributed by atoms with Gasteiger partial charge in [-0.2, -0.15) is 0 Å². The second-order valence-corrected chi connectivity index (χ2v) is 43.7. The molecule has 0 saturated carbocycles. The molecule has 0 bridgehead atoms. The zero-order chi connectivity index (χ0) is 75.2. The molecule has 0 aromatic heterocycles. The van der Waals surface area contributed by atoms with Gasteiger partial charge in [0, 0.05) is 6.61 Å². The zero-order valence-electron chi connectivity index (χ0n) is 72.4. The second kappa shape index (κ2) is 124. The second-order valence-electron chi connectivity index (χ2n) is 43.7. The number of allylic oxidation sites excluding steroid dienone is 2. The lowest BCUT2D eigenvalue weighted by atomic mass is 9.87. The SMILES string of the molecule is C.C.C.C.C.C.C.C.C.C.C.C.C.C.C.C.C.C.C.C.C.C.C.C.C.C.C.C.C.C=CC(C)(C)C.C=CC(C)(C)C.CC(C)(C)C.CC(C)(C)C.CC(C)(C)C.CC(C)(C)C.CC(C)(C)C.CC(C)(C)C.CC(C)(C)C.CC(C)(C)C.CC(C)(C)C.CC(C)(C)C.CC(C)(C)c1ccccc1.CCOC(C)Oc1ccc(C(C)(C)C)cc1. The summed E-state index contributed by atoms with van der Waals surface area (Å²) in [7, 11) is 0. The van der Waals surface area contributed by atoms with Gasteiger partial charge in [0.05, 0.1) is 0 Å². The van der Waals surface area contributed by atoms with Gasteiger partial charge >= 0.3 is 0 Å². The van der Waals surface area contributed by atoms with Crippen molar-refractivity contribution in [3.05, 3.63) is 91.0 Å². The van der Waals surface area contributed by atoms with Crippen LogP contribution in [0, 0.1) is 65.0 Å². The number of benzene rings is 2. The van der Waals surface area contributed by atoms with Crippen molar-refractivity contribution in [3.63, 3.8) is 0 Å². The molecule has 0 fully saturated rings. The minimum Gasteiger partial charge on any atom is -0.465 e. The maximum atomic E-state index is 5.60. The highest BCUT2D eigenvalue weighted by atomic mass is 16.7. The third-order valence-corrected chi connectivity index (χ3v) is 5.29. The average molecular weight is 1710 g/mol. The van der Waals surface area contributed by atoms with Crippen molar-refractivity contribution in [2.45, 2.75) is 606 Å². The van der Waals surface area contributed by atoms with Gasteiger partial charge < -0.3 is 9.47 Å². The lowest BCUT2D eigenvalue weighted by Gasteiger charge is -2.20. The van der Waals surface area contributed by atoms with Gasteiger partial charge in [-0.3, -0.25) is 0 Å². The Kier molecular flexibility index (Phi) is 290. The molecule has 2 nitrogen and oxygen atoms in total. The summed E-state index contributed by atoms with van der Waals surface area (Å²) in [5, 5.41) is 0. The van der Waals surface area contributed by atoms with Crippen LogP contribution in [0.25, 0.3) is 0 Å². The van der Waals surface area contributed by atoms with E-state index in [1.807, 2.05) is 38.1 Å². The predicted molar refractivity (Wildman–Crippen MR) is 618 cm³/mol. The van der Waals surface area contributed by atoms with Crippen LogP contribution >= 0.6 is 0 Å². The smallest absolute Gasteiger partial charge is 0.196 e. The molecule has 1 atom stereocenters. The van der Waals surface area contributed by atoms with Crippen molar-refractivity contribution in [2.24, 2.45) is 65.0 Å². The Bertz CT molecular complexity index is 1470. The largest absolute Gasteiger partial charge is 0.465 e. The van der Waals surface area contributed by atoms with Gasteiger partial charge in [0.15, 0.2) is 6.29 Å².